The van der Waals surface area contributed by atoms with Gasteiger partial charge in [-0.2, -0.15) is 0 Å². The normalized spacial score (nSPS) is 23.9. The van der Waals surface area contributed by atoms with Crippen LogP contribution in [-0.4, -0.2) is 13.0 Å². The van der Waals surface area contributed by atoms with Crippen LogP contribution in [0.5, 0.6) is 5.75 Å². The fourth-order valence-electron chi connectivity index (χ4n) is 2.57. The van der Waals surface area contributed by atoms with E-state index in [1.807, 2.05) is 0 Å². The summed E-state index contributed by atoms with van der Waals surface area (Å²) in [5, 5.41) is 0. The minimum atomic E-state index is -0.886. The van der Waals surface area contributed by atoms with Crippen LogP contribution in [0, 0.1) is 11.6 Å². The number of hydrogen-bond donors (Lipinski definition) is 0. The number of methoxy groups -OCH3 is 1. The van der Waals surface area contributed by atoms with Crippen molar-refractivity contribution in [2.75, 3.05) is 13.0 Å². The maximum absolute atomic E-state index is 13.9. The van der Waals surface area contributed by atoms with E-state index in [9.17, 15) is 8.78 Å². The number of rotatable bonds is 4. The molecule has 110 valence electrons. The SMILES string of the molecule is COc1cc(F)ccc1C1(CCl)OC1c1ccccc1F. The monoisotopic (exact) mass is 310 g/mol. The van der Waals surface area contributed by atoms with Gasteiger partial charge in [0.1, 0.15) is 29.1 Å². The predicted octanol–water partition coefficient (Wildman–Crippen LogP) is 4.18. The van der Waals surface area contributed by atoms with Crippen molar-refractivity contribution in [2.45, 2.75) is 11.7 Å². The lowest BCUT2D eigenvalue weighted by Gasteiger charge is -2.14. The molecule has 2 atom stereocenters. The lowest BCUT2D eigenvalue weighted by atomic mass is 9.92. The van der Waals surface area contributed by atoms with Crippen LogP contribution in [0.1, 0.15) is 17.2 Å². The number of ether oxygens (including phenoxy) is 2. The van der Waals surface area contributed by atoms with Gasteiger partial charge in [0.2, 0.25) is 0 Å². The minimum absolute atomic E-state index is 0.119. The molecular weight excluding hydrogens is 298 g/mol. The van der Waals surface area contributed by atoms with Gasteiger partial charge in [0.05, 0.1) is 13.0 Å². The molecule has 0 N–H and O–H groups in total. The molecule has 3 rings (SSSR count). The smallest absolute Gasteiger partial charge is 0.141 e. The van der Waals surface area contributed by atoms with Crippen LogP contribution in [0.4, 0.5) is 8.78 Å². The molecule has 1 aliphatic heterocycles. The van der Waals surface area contributed by atoms with Crippen molar-refractivity contribution in [3.63, 3.8) is 0 Å². The first-order valence-corrected chi connectivity index (χ1v) is 6.98. The highest BCUT2D eigenvalue weighted by Gasteiger charge is 2.60. The van der Waals surface area contributed by atoms with Gasteiger partial charge in [-0.25, -0.2) is 8.78 Å². The standard InChI is InChI=1S/C16H13ClF2O2/c1-20-14-8-10(18)6-7-12(14)16(9-17)15(21-16)11-4-2-3-5-13(11)19/h2-8,15H,9H2,1H3. The fourth-order valence-corrected chi connectivity index (χ4v) is 2.92. The molecule has 5 heteroatoms. The molecule has 0 amide bonds. The van der Waals surface area contributed by atoms with Crippen LogP contribution >= 0.6 is 11.6 Å². The Morgan fingerprint density at radius 1 is 1.24 bits per heavy atom. The van der Waals surface area contributed by atoms with Gasteiger partial charge in [0.15, 0.2) is 0 Å². The first kappa shape index (κ1) is 14.3. The van der Waals surface area contributed by atoms with Crippen LogP contribution in [0.15, 0.2) is 42.5 Å². The lowest BCUT2D eigenvalue weighted by molar-refractivity contribution is 0.305. The van der Waals surface area contributed by atoms with Crippen molar-refractivity contribution in [2.24, 2.45) is 0 Å². The Balaban J connectivity index is 2.03. The highest BCUT2D eigenvalue weighted by Crippen LogP contribution is 2.60. The maximum Gasteiger partial charge on any atom is 0.141 e. The number of halogens is 3. The molecule has 0 saturated carbocycles. The maximum atomic E-state index is 13.9. The molecule has 1 saturated heterocycles. The van der Waals surface area contributed by atoms with Crippen molar-refractivity contribution in [1.82, 2.24) is 0 Å². The topological polar surface area (TPSA) is 21.8 Å². The van der Waals surface area contributed by atoms with Crippen molar-refractivity contribution in [3.05, 3.63) is 65.2 Å². The zero-order valence-corrected chi connectivity index (χ0v) is 12.0. The summed E-state index contributed by atoms with van der Waals surface area (Å²) in [5.41, 5.74) is 0.169. The van der Waals surface area contributed by atoms with E-state index in [1.165, 1.54) is 25.3 Å². The summed E-state index contributed by atoms with van der Waals surface area (Å²) < 4.78 is 38.1. The average molecular weight is 311 g/mol. The van der Waals surface area contributed by atoms with Crippen LogP contribution < -0.4 is 4.74 Å². The summed E-state index contributed by atoms with van der Waals surface area (Å²) in [6, 6.07) is 10.5. The Hall–Kier alpha value is -1.65. The third-order valence-corrected chi connectivity index (χ3v) is 4.10. The largest absolute Gasteiger partial charge is 0.496 e. The van der Waals surface area contributed by atoms with Gasteiger partial charge in [-0.1, -0.05) is 18.2 Å². The number of alkyl halides is 1. The number of epoxide rings is 1. The first-order valence-electron chi connectivity index (χ1n) is 6.44. The Morgan fingerprint density at radius 2 is 2.00 bits per heavy atom. The second kappa shape index (κ2) is 5.28. The zero-order valence-electron chi connectivity index (χ0n) is 11.3. The molecular formula is C16H13ClF2O2. The second-order valence-corrected chi connectivity index (χ2v) is 5.15. The molecule has 2 nitrogen and oxygen atoms in total. The zero-order chi connectivity index (χ0) is 15.0. The second-order valence-electron chi connectivity index (χ2n) is 4.89. The predicted molar refractivity (Wildman–Crippen MR) is 75.6 cm³/mol. The van der Waals surface area contributed by atoms with E-state index in [0.29, 0.717) is 16.9 Å². The van der Waals surface area contributed by atoms with Crippen LogP contribution in [-0.2, 0) is 10.3 Å². The molecule has 0 radical (unpaired) electrons. The Bertz CT molecular complexity index is 677. The van der Waals surface area contributed by atoms with Gasteiger partial charge in [-0.05, 0) is 18.2 Å². The third-order valence-electron chi connectivity index (χ3n) is 3.70. The summed E-state index contributed by atoms with van der Waals surface area (Å²) in [4.78, 5) is 0. The molecule has 1 aliphatic rings. The fraction of sp³-hybridized carbons (Fsp3) is 0.250. The van der Waals surface area contributed by atoms with Gasteiger partial charge in [-0.3, -0.25) is 0 Å². The van der Waals surface area contributed by atoms with E-state index >= 15 is 0 Å². The number of benzene rings is 2. The molecule has 1 heterocycles. The van der Waals surface area contributed by atoms with Crippen molar-refractivity contribution in [1.29, 1.82) is 0 Å². The summed E-state index contributed by atoms with van der Waals surface area (Å²) in [6.07, 6.45) is -0.504. The molecule has 0 aliphatic carbocycles. The quantitative estimate of drug-likeness (QED) is 0.624. The molecule has 0 aromatic heterocycles. The first-order chi connectivity index (χ1) is 10.1. The highest BCUT2D eigenvalue weighted by molar-refractivity contribution is 6.19. The molecule has 2 aromatic rings. The minimum Gasteiger partial charge on any atom is -0.496 e. The van der Waals surface area contributed by atoms with Gasteiger partial charge >= 0.3 is 0 Å². The van der Waals surface area contributed by atoms with E-state index in [0.717, 1.165) is 0 Å². The molecule has 0 spiro atoms. The summed E-state index contributed by atoms with van der Waals surface area (Å²) in [6.45, 7) is 0. The van der Waals surface area contributed by atoms with Gasteiger partial charge < -0.3 is 9.47 Å². The van der Waals surface area contributed by atoms with Crippen LogP contribution in [0.2, 0.25) is 0 Å². The van der Waals surface area contributed by atoms with E-state index in [4.69, 9.17) is 21.1 Å². The van der Waals surface area contributed by atoms with Crippen molar-refractivity contribution in [3.8, 4) is 5.75 Å². The molecule has 2 unspecified atom stereocenters. The molecule has 1 fully saturated rings. The highest BCUT2D eigenvalue weighted by atomic mass is 35.5. The van der Waals surface area contributed by atoms with Crippen molar-refractivity contribution >= 4 is 11.6 Å². The average Bonchev–Trinajstić information content (AvgIpc) is 3.23. The third kappa shape index (κ3) is 2.28. The van der Waals surface area contributed by atoms with E-state index in [1.54, 1.807) is 24.3 Å². The molecule has 2 aromatic carbocycles. The van der Waals surface area contributed by atoms with Crippen LogP contribution in [0.3, 0.4) is 0 Å². The van der Waals surface area contributed by atoms with E-state index in [-0.39, 0.29) is 11.7 Å². The summed E-state index contributed by atoms with van der Waals surface area (Å²) >= 11 is 6.06. The molecule has 0 bridgehead atoms. The molecule has 21 heavy (non-hydrogen) atoms. The van der Waals surface area contributed by atoms with Gasteiger partial charge in [0.25, 0.3) is 0 Å². The van der Waals surface area contributed by atoms with E-state index < -0.39 is 17.5 Å². The Morgan fingerprint density at radius 3 is 2.67 bits per heavy atom. The Kier molecular flexibility index (Phi) is 3.59. The summed E-state index contributed by atoms with van der Waals surface area (Å²) in [5.74, 6) is -0.304. The summed E-state index contributed by atoms with van der Waals surface area (Å²) in [7, 11) is 1.45. The van der Waals surface area contributed by atoms with Crippen LogP contribution in [0.25, 0.3) is 0 Å². The van der Waals surface area contributed by atoms with Crippen molar-refractivity contribution < 1.29 is 18.3 Å². The van der Waals surface area contributed by atoms with Gasteiger partial charge in [0, 0.05) is 17.2 Å². The number of hydrogen-bond acceptors (Lipinski definition) is 2. The Labute approximate surface area is 126 Å². The van der Waals surface area contributed by atoms with E-state index in [2.05, 4.69) is 0 Å². The lowest BCUT2D eigenvalue weighted by Crippen LogP contribution is -2.14. The van der Waals surface area contributed by atoms with Gasteiger partial charge in [-0.15, -0.1) is 11.6 Å².